The number of hydrogen-bond donors (Lipinski definition) is 1. The molecular formula is C18H18ClNO4S. The lowest BCUT2D eigenvalue weighted by atomic mass is 10.0. The van der Waals surface area contributed by atoms with Crippen LogP contribution in [-0.2, 0) is 25.8 Å². The standard InChI is InChI=1S/C18H18ClNO4S/c1-12-7-5-6-10-15(12)25(23,24)18(22)16(19)17(21)14(20)11-13-8-3-2-4-9-13/h2-10,14,16H,11,20H2,1H3/t14-,16?/m0/s1. The number of halogens is 1. The van der Waals surface area contributed by atoms with Crippen LogP contribution in [0.3, 0.4) is 0 Å². The molecule has 0 heterocycles. The quantitative estimate of drug-likeness (QED) is 0.612. The molecular weight excluding hydrogens is 362 g/mol. The lowest BCUT2D eigenvalue weighted by molar-refractivity contribution is -0.124. The summed E-state index contributed by atoms with van der Waals surface area (Å²) in [5, 5.41) is -3.19. The van der Waals surface area contributed by atoms with Gasteiger partial charge in [0.05, 0.1) is 10.9 Å². The Bertz CT molecular complexity index is 881. The van der Waals surface area contributed by atoms with Crippen LogP contribution in [0.25, 0.3) is 0 Å². The van der Waals surface area contributed by atoms with Crippen LogP contribution < -0.4 is 5.73 Å². The fourth-order valence-electron chi connectivity index (χ4n) is 2.38. The van der Waals surface area contributed by atoms with Crippen LogP contribution in [0.2, 0.25) is 0 Å². The molecule has 0 aliphatic carbocycles. The Balaban J connectivity index is 2.18. The zero-order valence-electron chi connectivity index (χ0n) is 13.6. The highest BCUT2D eigenvalue weighted by molar-refractivity contribution is 8.06. The highest BCUT2D eigenvalue weighted by Gasteiger charge is 2.38. The van der Waals surface area contributed by atoms with E-state index in [1.165, 1.54) is 12.1 Å². The fraction of sp³-hybridized carbons (Fsp3) is 0.222. The topological polar surface area (TPSA) is 94.3 Å². The third kappa shape index (κ3) is 4.34. The van der Waals surface area contributed by atoms with E-state index in [-0.39, 0.29) is 11.3 Å². The number of aryl methyl sites for hydroxylation is 1. The van der Waals surface area contributed by atoms with Gasteiger partial charge in [0.15, 0.2) is 11.2 Å². The maximum atomic E-state index is 12.5. The molecule has 0 saturated carbocycles. The van der Waals surface area contributed by atoms with E-state index in [9.17, 15) is 18.0 Å². The molecule has 0 radical (unpaired) electrons. The SMILES string of the molecule is Cc1ccccc1S(=O)(=O)C(=O)C(Cl)C(=O)[C@@H](N)Cc1ccccc1. The van der Waals surface area contributed by atoms with Crippen molar-refractivity contribution in [1.82, 2.24) is 0 Å². The average Bonchev–Trinajstić information content (AvgIpc) is 2.60. The summed E-state index contributed by atoms with van der Waals surface area (Å²) in [5.74, 6) is -0.812. The lowest BCUT2D eigenvalue weighted by Crippen LogP contribution is -2.43. The molecule has 0 bridgehead atoms. The van der Waals surface area contributed by atoms with Crippen LogP contribution in [0, 0.1) is 6.92 Å². The second kappa shape index (κ2) is 7.91. The van der Waals surface area contributed by atoms with Gasteiger partial charge in [-0.15, -0.1) is 11.6 Å². The van der Waals surface area contributed by atoms with Gasteiger partial charge in [-0.05, 0) is 30.5 Å². The van der Waals surface area contributed by atoms with E-state index in [1.807, 2.05) is 6.07 Å². The van der Waals surface area contributed by atoms with Gasteiger partial charge in [0.2, 0.25) is 9.84 Å². The Labute approximate surface area is 151 Å². The third-order valence-electron chi connectivity index (χ3n) is 3.77. The number of carbonyl (C=O) groups is 2. The van der Waals surface area contributed by atoms with Crippen LogP contribution in [0.15, 0.2) is 59.5 Å². The molecule has 0 spiro atoms. The van der Waals surface area contributed by atoms with Crippen molar-refractivity contribution in [2.75, 3.05) is 0 Å². The Morgan fingerprint density at radius 2 is 1.60 bits per heavy atom. The first-order chi connectivity index (χ1) is 11.7. The molecule has 0 amide bonds. The van der Waals surface area contributed by atoms with E-state index in [2.05, 4.69) is 0 Å². The Morgan fingerprint density at radius 3 is 2.20 bits per heavy atom. The Kier molecular flexibility index (Phi) is 6.11. The Hall–Kier alpha value is -2.02. The number of ketones is 1. The van der Waals surface area contributed by atoms with Crippen LogP contribution in [-0.4, -0.2) is 30.7 Å². The molecule has 132 valence electrons. The minimum absolute atomic E-state index is 0.157. The number of Topliss-reactive ketones (excluding diaryl/α,β-unsaturated/α-hetero) is 1. The molecule has 7 heteroatoms. The van der Waals surface area contributed by atoms with Gasteiger partial charge in [-0.1, -0.05) is 48.5 Å². The summed E-state index contributed by atoms with van der Waals surface area (Å²) in [4.78, 5) is 24.5. The first-order valence-electron chi connectivity index (χ1n) is 7.57. The largest absolute Gasteiger partial charge is 0.321 e. The molecule has 2 N–H and O–H groups in total. The summed E-state index contributed by atoms with van der Waals surface area (Å²) in [6.07, 6.45) is 0.167. The molecule has 0 aliphatic rings. The van der Waals surface area contributed by atoms with Crippen molar-refractivity contribution < 1.29 is 18.0 Å². The van der Waals surface area contributed by atoms with Crippen molar-refractivity contribution in [2.24, 2.45) is 5.73 Å². The van der Waals surface area contributed by atoms with E-state index in [0.717, 1.165) is 5.56 Å². The number of alkyl halides is 1. The molecule has 2 aromatic rings. The first-order valence-corrected chi connectivity index (χ1v) is 9.49. The normalized spacial score (nSPS) is 13.9. The minimum atomic E-state index is -4.37. The van der Waals surface area contributed by atoms with E-state index < -0.39 is 32.2 Å². The second-order valence-corrected chi connectivity index (χ2v) is 7.93. The predicted molar refractivity (Wildman–Crippen MR) is 96.1 cm³/mol. The van der Waals surface area contributed by atoms with E-state index in [0.29, 0.717) is 5.56 Å². The van der Waals surface area contributed by atoms with Gasteiger partial charge in [0.25, 0.3) is 5.12 Å². The molecule has 1 unspecified atom stereocenters. The molecule has 0 aliphatic heterocycles. The predicted octanol–water partition coefficient (Wildman–Crippen LogP) is 2.04. The molecule has 2 atom stereocenters. The summed E-state index contributed by atoms with van der Waals surface area (Å²) in [6.45, 7) is 1.56. The first kappa shape index (κ1) is 19.3. The van der Waals surface area contributed by atoms with Crippen molar-refractivity contribution in [3.05, 3.63) is 65.7 Å². The maximum Gasteiger partial charge on any atom is 0.276 e. The fourth-order valence-corrected chi connectivity index (χ4v) is 4.24. The van der Waals surface area contributed by atoms with Crippen molar-refractivity contribution in [3.8, 4) is 0 Å². The maximum absolute atomic E-state index is 12.5. The van der Waals surface area contributed by atoms with Crippen molar-refractivity contribution in [3.63, 3.8) is 0 Å². The number of sulfone groups is 1. The summed E-state index contributed by atoms with van der Waals surface area (Å²) >= 11 is 5.87. The lowest BCUT2D eigenvalue weighted by Gasteiger charge is -2.15. The zero-order chi connectivity index (χ0) is 18.6. The van der Waals surface area contributed by atoms with Crippen molar-refractivity contribution in [2.45, 2.75) is 29.7 Å². The van der Waals surface area contributed by atoms with Gasteiger partial charge in [-0.25, -0.2) is 8.42 Å². The van der Waals surface area contributed by atoms with Gasteiger partial charge in [0.1, 0.15) is 0 Å². The number of rotatable bonds is 6. The average molecular weight is 380 g/mol. The summed E-state index contributed by atoms with van der Waals surface area (Å²) in [7, 11) is -4.37. The molecule has 0 fully saturated rings. The Morgan fingerprint density at radius 1 is 1.04 bits per heavy atom. The smallest absolute Gasteiger partial charge is 0.276 e. The molecule has 2 aromatic carbocycles. The summed E-state index contributed by atoms with van der Waals surface area (Å²) in [5.41, 5.74) is 7.02. The van der Waals surface area contributed by atoms with E-state index in [1.54, 1.807) is 43.3 Å². The number of benzene rings is 2. The summed E-state index contributed by atoms with van der Waals surface area (Å²) < 4.78 is 24.9. The van der Waals surface area contributed by atoms with Crippen LogP contribution in [0.5, 0.6) is 0 Å². The van der Waals surface area contributed by atoms with E-state index in [4.69, 9.17) is 17.3 Å². The van der Waals surface area contributed by atoms with E-state index >= 15 is 0 Å². The van der Waals surface area contributed by atoms with Crippen molar-refractivity contribution in [1.29, 1.82) is 0 Å². The zero-order valence-corrected chi connectivity index (χ0v) is 15.1. The van der Waals surface area contributed by atoms with Gasteiger partial charge in [0, 0.05) is 0 Å². The molecule has 0 saturated heterocycles. The van der Waals surface area contributed by atoms with Crippen molar-refractivity contribution >= 4 is 32.3 Å². The van der Waals surface area contributed by atoms with Crippen LogP contribution in [0.4, 0.5) is 0 Å². The van der Waals surface area contributed by atoms with Crippen LogP contribution in [0.1, 0.15) is 11.1 Å². The minimum Gasteiger partial charge on any atom is -0.321 e. The number of carbonyl (C=O) groups excluding carboxylic acids is 2. The monoisotopic (exact) mass is 379 g/mol. The van der Waals surface area contributed by atoms with Gasteiger partial charge < -0.3 is 5.73 Å². The summed E-state index contributed by atoms with van der Waals surface area (Å²) in [6, 6.07) is 13.9. The highest BCUT2D eigenvalue weighted by Crippen LogP contribution is 2.20. The molecule has 5 nitrogen and oxygen atoms in total. The second-order valence-electron chi connectivity index (χ2n) is 5.65. The molecule has 0 aromatic heterocycles. The molecule has 2 rings (SSSR count). The molecule has 25 heavy (non-hydrogen) atoms. The number of hydrogen-bond acceptors (Lipinski definition) is 5. The van der Waals surface area contributed by atoms with Gasteiger partial charge >= 0.3 is 0 Å². The van der Waals surface area contributed by atoms with Gasteiger partial charge in [-0.2, -0.15) is 0 Å². The van der Waals surface area contributed by atoms with Crippen LogP contribution >= 0.6 is 11.6 Å². The highest BCUT2D eigenvalue weighted by atomic mass is 35.5. The number of nitrogens with two attached hydrogens (primary N) is 1. The van der Waals surface area contributed by atoms with Gasteiger partial charge in [-0.3, -0.25) is 9.59 Å². The third-order valence-corrected chi connectivity index (χ3v) is 6.11.